The standard InChI is InChI=1S/C20H21N3O3/c1-16(17-5-3-2-4-6-17)15-20(24)22-13-11-21(12-14-22)18-7-9-19(10-8-18)23(25)26/h2-10,15H,11-14H2,1H3/b16-15+. The van der Waals surface area contributed by atoms with E-state index in [9.17, 15) is 14.9 Å². The highest BCUT2D eigenvalue weighted by molar-refractivity contribution is 5.95. The average molecular weight is 351 g/mol. The summed E-state index contributed by atoms with van der Waals surface area (Å²) in [6.45, 7) is 4.63. The lowest BCUT2D eigenvalue weighted by Crippen LogP contribution is -2.48. The van der Waals surface area contributed by atoms with E-state index in [-0.39, 0.29) is 11.6 Å². The maximum atomic E-state index is 12.5. The lowest BCUT2D eigenvalue weighted by Gasteiger charge is -2.35. The largest absolute Gasteiger partial charge is 0.368 e. The van der Waals surface area contributed by atoms with Crippen LogP contribution < -0.4 is 4.90 Å². The van der Waals surface area contributed by atoms with Gasteiger partial charge in [0.2, 0.25) is 5.91 Å². The van der Waals surface area contributed by atoms with Crippen molar-refractivity contribution in [2.45, 2.75) is 6.92 Å². The van der Waals surface area contributed by atoms with Crippen LogP contribution in [0, 0.1) is 10.1 Å². The van der Waals surface area contributed by atoms with Crippen molar-refractivity contribution in [3.8, 4) is 0 Å². The van der Waals surface area contributed by atoms with E-state index in [2.05, 4.69) is 4.90 Å². The first-order chi connectivity index (χ1) is 12.5. The minimum atomic E-state index is -0.401. The zero-order valence-corrected chi connectivity index (χ0v) is 14.7. The number of allylic oxidation sites excluding steroid dienone is 1. The van der Waals surface area contributed by atoms with E-state index < -0.39 is 4.92 Å². The minimum Gasteiger partial charge on any atom is -0.368 e. The number of amides is 1. The minimum absolute atomic E-state index is 0.0229. The Morgan fingerprint density at radius 1 is 1.00 bits per heavy atom. The van der Waals surface area contributed by atoms with Crippen LogP contribution >= 0.6 is 0 Å². The van der Waals surface area contributed by atoms with Crippen molar-refractivity contribution in [1.29, 1.82) is 0 Å². The van der Waals surface area contributed by atoms with Crippen LogP contribution in [0.3, 0.4) is 0 Å². The van der Waals surface area contributed by atoms with Gasteiger partial charge >= 0.3 is 0 Å². The normalized spacial score (nSPS) is 15.0. The summed E-state index contributed by atoms with van der Waals surface area (Å²) >= 11 is 0. The number of rotatable bonds is 4. The van der Waals surface area contributed by atoms with Crippen LogP contribution in [0.5, 0.6) is 0 Å². The topological polar surface area (TPSA) is 66.7 Å². The molecule has 0 spiro atoms. The summed E-state index contributed by atoms with van der Waals surface area (Å²) in [7, 11) is 0. The molecule has 0 radical (unpaired) electrons. The molecule has 0 unspecified atom stereocenters. The zero-order chi connectivity index (χ0) is 18.5. The Labute approximate surface area is 152 Å². The maximum absolute atomic E-state index is 12.5. The molecule has 1 aliphatic heterocycles. The van der Waals surface area contributed by atoms with Crippen molar-refractivity contribution in [2.75, 3.05) is 31.1 Å². The third-order valence-corrected chi connectivity index (χ3v) is 4.59. The number of carbonyl (C=O) groups is 1. The van der Waals surface area contributed by atoms with Gasteiger partial charge in [-0.05, 0) is 30.2 Å². The molecule has 1 heterocycles. The molecule has 134 valence electrons. The van der Waals surface area contributed by atoms with Gasteiger partial charge in [-0.2, -0.15) is 0 Å². The van der Waals surface area contributed by atoms with Gasteiger partial charge in [0.15, 0.2) is 0 Å². The van der Waals surface area contributed by atoms with E-state index in [0.29, 0.717) is 26.2 Å². The molecule has 0 atom stereocenters. The summed E-state index contributed by atoms with van der Waals surface area (Å²) in [4.78, 5) is 26.8. The molecule has 1 fully saturated rings. The fourth-order valence-electron chi connectivity index (χ4n) is 3.03. The molecule has 2 aromatic rings. The first-order valence-electron chi connectivity index (χ1n) is 8.56. The van der Waals surface area contributed by atoms with E-state index in [1.165, 1.54) is 12.1 Å². The third kappa shape index (κ3) is 4.08. The van der Waals surface area contributed by atoms with Gasteiger partial charge in [0.1, 0.15) is 0 Å². The molecular formula is C20H21N3O3. The SMILES string of the molecule is C/C(=C\C(=O)N1CCN(c2ccc([N+](=O)[O-])cc2)CC1)c1ccccc1. The van der Waals surface area contributed by atoms with Gasteiger partial charge in [-0.1, -0.05) is 30.3 Å². The van der Waals surface area contributed by atoms with Crippen LogP contribution in [0.15, 0.2) is 60.7 Å². The molecule has 6 nitrogen and oxygen atoms in total. The van der Waals surface area contributed by atoms with E-state index in [4.69, 9.17) is 0 Å². The molecule has 3 rings (SSSR count). The Kier molecular flexibility index (Phi) is 5.31. The second-order valence-corrected chi connectivity index (χ2v) is 6.28. The predicted molar refractivity (Wildman–Crippen MR) is 102 cm³/mol. The molecule has 0 bridgehead atoms. The smallest absolute Gasteiger partial charge is 0.269 e. The van der Waals surface area contributed by atoms with Gasteiger partial charge in [-0.3, -0.25) is 14.9 Å². The number of hydrogen-bond donors (Lipinski definition) is 0. The van der Waals surface area contributed by atoms with Crippen LogP contribution in [0.2, 0.25) is 0 Å². The van der Waals surface area contributed by atoms with E-state index in [1.54, 1.807) is 18.2 Å². The Morgan fingerprint density at radius 3 is 2.19 bits per heavy atom. The molecule has 6 heteroatoms. The van der Waals surface area contributed by atoms with Crippen LogP contribution in [-0.2, 0) is 4.79 Å². The monoisotopic (exact) mass is 351 g/mol. The second-order valence-electron chi connectivity index (χ2n) is 6.28. The summed E-state index contributed by atoms with van der Waals surface area (Å²) in [5.41, 5.74) is 3.03. The van der Waals surface area contributed by atoms with E-state index in [1.807, 2.05) is 42.2 Å². The van der Waals surface area contributed by atoms with Gasteiger partial charge < -0.3 is 9.80 Å². The van der Waals surface area contributed by atoms with Gasteiger partial charge in [-0.15, -0.1) is 0 Å². The Bertz CT molecular complexity index is 808. The van der Waals surface area contributed by atoms with Crippen molar-refractivity contribution in [1.82, 2.24) is 4.90 Å². The van der Waals surface area contributed by atoms with Gasteiger partial charge in [0, 0.05) is 50.1 Å². The van der Waals surface area contributed by atoms with E-state index >= 15 is 0 Å². The van der Waals surface area contributed by atoms with Crippen LogP contribution in [-0.4, -0.2) is 41.9 Å². The van der Waals surface area contributed by atoms with Crippen molar-refractivity contribution in [3.63, 3.8) is 0 Å². The van der Waals surface area contributed by atoms with Crippen LogP contribution in [0.25, 0.3) is 5.57 Å². The van der Waals surface area contributed by atoms with Gasteiger partial charge in [0.05, 0.1) is 4.92 Å². The molecular weight excluding hydrogens is 330 g/mol. The average Bonchev–Trinajstić information content (AvgIpc) is 2.69. The lowest BCUT2D eigenvalue weighted by molar-refractivity contribution is -0.384. The highest BCUT2D eigenvalue weighted by Crippen LogP contribution is 2.21. The molecule has 0 aromatic heterocycles. The summed E-state index contributed by atoms with van der Waals surface area (Å²) in [5.74, 6) is 0.0229. The molecule has 1 saturated heterocycles. The van der Waals surface area contributed by atoms with Crippen molar-refractivity contribution >= 4 is 22.9 Å². The number of piperazine rings is 1. The predicted octanol–water partition coefficient (Wildman–Crippen LogP) is 3.35. The fourth-order valence-corrected chi connectivity index (χ4v) is 3.03. The molecule has 0 aliphatic carbocycles. The third-order valence-electron chi connectivity index (χ3n) is 4.59. The molecule has 1 amide bonds. The van der Waals surface area contributed by atoms with Gasteiger partial charge in [0.25, 0.3) is 5.69 Å². The number of anilines is 1. The number of carbonyl (C=O) groups excluding carboxylic acids is 1. The zero-order valence-electron chi connectivity index (χ0n) is 14.7. The first kappa shape index (κ1) is 17.7. The van der Waals surface area contributed by atoms with E-state index in [0.717, 1.165) is 16.8 Å². The second kappa shape index (κ2) is 7.82. The van der Waals surface area contributed by atoms with Gasteiger partial charge in [-0.25, -0.2) is 0 Å². The highest BCUT2D eigenvalue weighted by atomic mass is 16.6. The quantitative estimate of drug-likeness (QED) is 0.481. The summed E-state index contributed by atoms with van der Waals surface area (Å²) in [6, 6.07) is 16.4. The summed E-state index contributed by atoms with van der Waals surface area (Å²) < 4.78 is 0. The Morgan fingerprint density at radius 2 is 1.62 bits per heavy atom. The van der Waals surface area contributed by atoms with Crippen LogP contribution in [0.4, 0.5) is 11.4 Å². The Hall–Kier alpha value is -3.15. The van der Waals surface area contributed by atoms with Crippen molar-refractivity contribution in [3.05, 3.63) is 76.4 Å². The highest BCUT2D eigenvalue weighted by Gasteiger charge is 2.20. The lowest BCUT2D eigenvalue weighted by atomic mass is 10.1. The number of nitro groups is 1. The number of nitrogens with zero attached hydrogens (tertiary/aromatic N) is 3. The molecule has 26 heavy (non-hydrogen) atoms. The van der Waals surface area contributed by atoms with Crippen molar-refractivity contribution < 1.29 is 9.72 Å². The van der Waals surface area contributed by atoms with Crippen LogP contribution in [0.1, 0.15) is 12.5 Å². The van der Waals surface area contributed by atoms with Crippen molar-refractivity contribution in [2.24, 2.45) is 0 Å². The number of hydrogen-bond acceptors (Lipinski definition) is 4. The fraction of sp³-hybridized carbons (Fsp3) is 0.250. The summed E-state index contributed by atoms with van der Waals surface area (Å²) in [6.07, 6.45) is 1.69. The molecule has 1 aliphatic rings. The maximum Gasteiger partial charge on any atom is 0.269 e. The number of benzene rings is 2. The Balaban J connectivity index is 1.59. The summed E-state index contributed by atoms with van der Waals surface area (Å²) in [5, 5.41) is 10.7. The first-order valence-corrected chi connectivity index (χ1v) is 8.56. The molecule has 0 N–H and O–H groups in total. The number of nitro benzene ring substituents is 1. The number of non-ortho nitro benzene ring substituents is 1. The molecule has 0 saturated carbocycles. The molecule has 2 aromatic carbocycles.